The largest absolute Gasteiger partial charge is 0.471 e. The lowest BCUT2D eigenvalue weighted by Crippen LogP contribution is -2.41. The molecule has 0 aliphatic heterocycles. The summed E-state index contributed by atoms with van der Waals surface area (Å²) >= 11 is 0. The van der Waals surface area contributed by atoms with Gasteiger partial charge in [0.25, 0.3) is 5.88 Å². The SMILES string of the molecule is CCc1ncnc(OC2CCCCC2N)c1F. The maximum atomic E-state index is 13.9. The molecule has 0 radical (unpaired) electrons. The van der Waals surface area contributed by atoms with Crippen molar-refractivity contribution in [3.63, 3.8) is 0 Å². The summed E-state index contributed by atoms with van der Waals surface area (Å²) in [4.78, 5) is 7.72. The third-order valence-electron chi connectivity index (χ3n) is 3.18. The van der Waals surface area contributed by atoms with Gasteiger partial charge in [-0.15, -0.1) is 0 Å². The summed E-state index contributed by atoms with van der Waals surface area (Å²) in [5.74, 6) is -0.410. The van der Waals surface area contributed by atoms with Gasteiger partial charge in [-0.2, -0.15) is 9.37 Å². The molecular weight excluding hydrogens is 221 g/mol. The molecule has 1 heterocycles. The van der Waals surface area contributed by atoms with E-state index in [2.05, 4.69) is 9.97 Å². The molecule has 94 valence electrons. The normalized spacial score (nSPS) is 24.6. The smallest absolute Gasteiger partial charge is 0.254 e. The molecule has 4 nitrogen and oxygen atoms in total. The van der Waals surface area contributed by atoms with E-state index >= 15 is 0 Å². The molecule has 0 spiro atoms. The molecule has 0 amide bonds. The summed E-state index contributed by atoms with van der Waals surface area (Å²) in [6, 6.07) is -0.0248. The van der Waals surface area contributed by atoms with E-state index in [0.29, 0.717) is 12.1 Å². The maximum absolute atomic E-state index is 13.9. The summed E-state index contributed by atoms with van der Waals surface area (Å²) in [6.45, 7) is 1.85. The van der Waals surface area contributed by atoms with E-state index in [9.17, 15) is 4.39 Å². The minimum Gasteiger partial charge on any atom is -0.471 e. The fourth-order valence-electron chi connectivity index (χ4n) is 2.13. The van der Waals surface area contributed by atoms with E-state index in [0.717, 1.165) is 25.7 Å². The summed E-state index contributed by atoms with van der Waals surface area (Å²) in [5.41, 5.74) is 6.34. The highest BCUT2D eigenvalue weighted by atomic mass is 19.1. The van der Waals surface area contributed by atoms with Gasteiger partial charge >= 0.3 is 0 Å². The Morgan fingerprint density at radius 3 is 2.88 bits per heavy atom. The first-order chi connectivity index (χ1) is 8.22. The highest BCUT2D eigenvalue weighted by molar-refractivity contribution is 5.17. The van der Waals surface area contributed by atoms with E-state index in [1.807, 2.05) is 6.92 Å². The lowest BCUT2D eigenvalue weighted by molar-refractivity contribution is 0.120. The second kappa shape index (κ2) is 5.40. The molecule has 1 fully saturated rings. The summed E-state index contributed by atoms with van der Waals surface area (Å²) in [5, 5.41) is 0. The molecule has 0 aromatic carbocycles. The van der Waals surface area contributed by atoms with Crippen molar-refractivity contribution < 1.29 is 9.13 Å². The van der Waals surface area contributed by atoms with Crippen molar-refractivity contribution in [2.75, 3.05) is 0 Å². The van der Waals surface area contributed by atoms with Gasteiger partial charge in [0, 0.05) is 6.04 Å². The summed E-state index contributed by atoms with van der Waals surface area (Å²) in [7, 11) is 0. The maximum Gasteiger partial charge on any atom is 0.254 e. The van der Waals surface area contributed by atoms with E-state index in [-0.39, 0.29) is 18.0 Å². The van der Waals surface area contributed by atoms with Crippen LogP contribution in [0.1, 0.15) is 38.3 Å². The third kappa shape index (κ3) is 2.72. The van der Waals surface area contributed by atoms with E-state index in [1.165, 1.54) is 6.33 Å². The Labute approximate surface area is 100 Å². The Balaban J connectivity index is 2.12. The van der Waals surface area contributed by atoms with Gasteiger partial charge in [-0.3, -0.25) is 0 Å². The van der Waals surface area contributed by atoms with Gasteiger partial charge in [0.15, 0.2) is 0 Å². The number of hydrogen-bond donors (Lipinski definition) is 1. The topological polar surface area (TPSA) is 61.0 Å². The quantitative estimate of drug-likeness (QED) is 0.874. The molecule has 2 unspecified atom stereocenters. The number of halogens is 1. The van der Waals surface area contributed by atoms with Crippen LogP contribution in [0.15, 0.2) is 6.33 Å². The van der Waals surface area contributed by atoms with Crippen molar-refractivity contribution in [3.8, 4) is 5.88 Å². The molecule has 0 bridgehead atoms. The Bertz CT molecular complexity index is 386. The van der Waals surface area contributed by atoms with Crippen LogP contribution in [0.2, 0.25) is 0 Å². The van der Waals surface area contributed by atoms with Gasteiger partial charge < -0.3 is 10.5 Å². The summed E-state index contributed by atoms with van der Waals surface area (Å²) < 4.78 is 19.5. The zero-order valence-corrected chi connectivity index (χ0v) is 10.0. The zero-order valence-electron chi connectivity index (χ0n) is 10.0. The monoisotopic (exact) mass is 239 g/mol. The molecule has 2 atom stereocenters. The number of rotatable bonds is 3. The van der Waals surface area contributed by atoms with Crippen LogP contribution < -0.4 is 10.5 Å². The highest BCUT2D eigenvalue weighted by Crippen LogP contribution is 2.24. The molecule has 1 aromatic rings. The molecule has 1 aliphatic carbocycles. The second-order valence-corrected chi connectivity index (χ2v) is 4.40. The van der Waals surface area contributed by atoms with Crippen molar-refractivity contribution in [1.82, 2.24) is 9.97 Å². The predicted octanol–water partition coefficient (Wildman–Crippen LogP) is 1.83. The number of nitrogens with zero attached hydrogens (tertiary/aromatic N) is 2. The van der Waals surface area contributed by atoms with Crippen molar-refractivity contribution >= 4 is 0 Å². The molecule has 1 saturated carbocycles. The number of aryl methyl sites for hydroxylation is 1. The second-order valence-electron chi connectivity index (χ2n) is 4.40. The standard InChI is InChI=1S/C12H18FN3O/c1-2-9-11(13)12(16-7-15-9)17-10-6-4-3-5-8(10)14/h7-8,10H,2-6,14H2,1H3. The van der Waals surface area contributed by atoms with Gasteiger partial charge in [-0.25, -0.2) is 4.98 Å². The minimum absolute atomic E-state index is 0.0248. The Kier molecular flexibility index (Phi) is 3.89. The van der Waals surface area contributed by atoms with Crippen molar-refractivity contribution in [2.24, 2.45) is 5.73 Å². The molecule has 0 saturated heterocycles. The number of hydrogen-bond acceptors (Lipinski definition) is 4. The first-order valence-corrected chi connectivity index (χ1v) is 6.14. The van der Waals surface area contributed by atoms with Gasteiger partial charge in [0.05, 0.1) is 5.69 Å². The fraction of sp³-hybridized carbons (Fsp3) is 0.667. The van der Waals surface area contributed by atoms with Crippen molar-refractivity contribution in [3.05, 3.63) is 17.8 Å². The van der Waals surface area contributed by atoms with Crippen LogP contribution >= 0.6 is 0 Å². The Morgan fingerprint density at radius 1 is 1.41 bits per heavy atom. The Hall–Kier alpha value is -1.23. The lowest BCUT2D eigenvalue weighted by Gasteiger charge is -2.28. The number of aromatic nitrogens is 2. The average Bonchev–Trinajstić information content (AvgIpc) is 2.34. The number of ether oxygens (including phenoxy) is 1. The molecular formula is C12H18FN3O. The van der Waals surface area contributed by atoms with Gasteiger partial charge in [0.1, 0.15) is 12.4 Å². The first kappa shape index (κ1) is 12.2. The van der Waals surface area contributed by atoms with Crippen molar-refractivity contribution in [1.29, 1.82) is 0 Å². The van der Waals surface area contributed by atoms with Gasteiger partial charge in [-0.05, 0) is 25.7 Å². The first-order valence-electron chi connectivity index (χ1n) is 6.14. The Morgan fingerprint density at radius 2 is 2.18 bits per heavy atom. The average molecular weight is 239 g/mol. The van der Waals surface area contributed by atoms with E-state index in [1.54, 1.807) is 0 Å². The molecule has 2 N–H and O–H groups in total. The zero-order chi connectivity index (χ0) is 12.3. The van der Waals surface area contributed by atoms with Crippen LogP contribution in [-0.4, -0.2) is 22.1 Å². The predicted molar refractivity (Wildman–Crippen MR) is 62.2 cm³/mol. The molecule has 5 heteroatoms. The van der Waals surface area contributed by atoms with Gasteiger partial charge in [-0.1, -0.05) is 13.3 Å². The fourth-order valence-corrected chi connectivity index (χ4v) is 2.13. The van der Waals surface area contributed by atoms with Crippen LogP contribution in [0.25, 0.3) is 0 Å². The van der Waals surface area contributed by atoms with Gasteiger partial charge in [0.2, 0.25) is 5.82 Å². The van der Waals surface area contributed by atoms with Crippen LogP contribution in [-0.2, 0) is 6.42 Å². The van der Waals surface area contributed by atoms with Crippen LogP contribution in [0, 0.1) is 5.82 Å². The molecule has 2 rings (SSSR count). The van der Waals surface area contributed by atoms with E-state index < -0.39 is 5.82 Å². The summed E-state index contributed by atoms with van der Waals surface area (Å²) in [6.07, 6.45) is 5.73. The molecule has 17 heavy (non-hydrogen) atoms. The molecule has 1 aromatic heterocycles. The van der Waals surface area contributed by atoms with Crippen molar-refractivity contribution in [2.45, 2.75) is 51.2 Å². The van der Waals surface area contributed by atoms with Crippen LogP contribution in [0.4, 0.5) is 4.39 Å². The molecule has 1 aliphatic rings. The van der Waals surface area contributed by atoms with E-state index in [4.69, 9.17) is 10.5 Å². The minimum atomic E-state index is -0.451. The number of nitrogens with two attached hydrogens (primary N) is 1. The highest BCUT2D eigenvalue weighted by Gasteiger charge is 2.25. The van der Waals surface area contributed by atoms with Crippen LogP contribution in [0.5, 0.6) is 5.88 Å². The van der Waals surface area contributed by atoms with Crippen LogP contribution in [0.3, 0.4) is 0 Å². The lowest BCUT2D eigenvalue weighted by atomic mass is 9.93. The third-order valence-corrected chi connectivity index (χ3v) is 3.18.